The lowest BCUT2D eigenvalue weighted by Crippen LogP contribution is -2.50. The van der Waals surface area contributed by atoms with Crippen LogP contribution in [-0.4, -0.2) is 56.7 Å². The van der Waals surface area contributed by atoms with Crippen LogP contribution in [0.25, 0.3) is 0 Å². The van der Waals surface area contributed by atoms with Gasteiger partial charge in [-0.05, 0) is 45.7 Å². The van der Waals surface area contributed by atoms with E-state index in [4.69, 9.17) is 5.10 Å². The van der Waals surface area contributed by atoms with Crippen LogP contribution in [0.1, 0.15) is 55.7 Å². The predicted octanol–water partition coefficient (Wildman–Crippen LogP) is 2.27. The summed E-state index contributed by atoms with van der Waals surface area (Å²) >= 11 is 0. The van der Waals surface area contributed by atoms with Crippen LogP contribution in [0.5, 0.6) is 0 Å². The fourth-order valence-electron chi connectivity index (χ4n) is 3.37. The molecule has 1 aliphatic carbocycles. The first-order valence-corrected chi connectivity index (χ1v) is 9.35. The molecule has 2 aliphatic rings. The van der Waals surface area contributed by atoms with Crippen LogP contribution in [0, 0.1) is 0 Å². The molecule has 0 radical (unpaired) electrons. The summed E-state index contributed by atoms with van der Waals surface area (Å²) in [5.41, 5.74) is 1.57. The van der Waals surface area contributed by atoms with Crippen molar-refractivity contribution in [3.63, 3.8) is 0 Å². The molecule has 0 bridgehead atoms. The molecule has 2 aromatic heterocycles. The number of carbonyl (C=O) groups excluding carboxylic acids is 1. The molecule has 1 saturated carbocycles. The average molecular weight is 354 g/mol. The Bertz CT molecular complexity index is 782. The quantitative estimate of drug-likeness (QED) is 0.846. The molecule has 3 heterocycles. The van der Waals surface area contributed by atoms with Crippen molar-refractivity contribution in [2.75, 3.05) is 31.1 Å². The molecule has 4 rings (SSSR count). The molecule has 26 heavy (non-hydrogen) atoms. The second-order valence-electron chi connectivity index (χ2n) is 8.14. The maximum absolute atomic E-state index is 13.2. The topological polar surface area (TPSA) is 67.2 Å². The van der Waals surface area contributed by atoms with Gasteiger partial charge in [-0.15, -0.1) is 0 Å². The highest BCUT2D eigenvalue weighted by atomic mass is 16.2. The summed E-state index contributed by atoms with van der Waals surface area (Å²) in [6.07, 6.45) is 5.87. The maximum Gasteiger partial charge on any atom is 0.272 e. The number of carbonyl (C=O) groups is 1. The highest BCUT2D eigenvalue weighted by molar-refractivity contribution is 5.93. The molecule has 7 nitrogen and oxygen atoms in total. The van der Waals surface area contributed by atoms with E-state index in [1.807, 2.05) is 21.7 Å². The number of hydrogen-bond donors (Lipinski definition) is 0. The van der Waals surface area contributed by atoms with Gasteiger partial charge in [-0.2, -0.15) is 5.10 Å². The molecule has 138 valence electrons. The smallest absolute Gasteiger partial charge is 0.272 e. The Labute approximate surface area is 154 Å². The van der Waals surface area contributed by atoms with Gasteiger partial charge in [-0.3, -0.25) is 9.48 Å². The van der Waals surface area contributed by atoms with Crippen LogP contribution in [0.3, 0.4) is 0 Å². The van der Waals surface area contributed by atoms with Gasteiger partial charge in [0.2, 0.25) is 5.95 Å². The number of rotatable bonds is 3. The molecule has 7 heteroatoms. The van der Waals surface area contributed by atoms with Crippen LogP contribution < -0.4 is 4.90 Å². The Morgan fingerprint density at radius 3 is 2.31 bits per heavy atom. The van der Waals surface area contributed by atoms with E-state index in [9.17, 15) is 4.79 Å². The van der Waals surface area contributed by atoms with Crippen molar-refractivity contribution in [1.29, 1.82) is 0 Å². The normalized spacial score (nSPS) is 18.3. The number of hydrogen-bond acceptors (Lipinski definition) is 5. The fraction of sp³-hybridized carbons (Fsp3) is 0.579. The lowest BCUT2D eigenvalue weighted by molar-refractivity contribution is 0.0725. The van der Waals surface area contributed by atoms with Crippen molar-refractivity contribution in [1.82, 2.24) is 24.6 Å². The molecule has 0 atom stereocenters. The number of nitrogens with zero attached hydrogens (tertiary/aromatic N) is 6. The summed E-state index contributed by atoms with van der Waals surface area (Å²) < 4.78 is 1.91. The lowest BCUT2D eigenvalue weighted by Gasteiger charge is -2.35. The zero-order valence-electron chi connectivity index (χ0n) is 15.7. The minimum Gasteiger partial charge on any atom is -0.337 e. The maximum atomic E-state index is 13.2. The summed E-state index contributed by atoms with van der Waals surface area (Å²) in [7, 11) is 0. The van der Waals surface area contributed by atoms with Crippen LogP contribution >= 0.6 is 0 Å². The van der Waals surface area contributed by atoms with E-state index in [-0.39, 0.29) is 11.4 Å². The summed E-state index contributed by atoms with van der Waals surface area (Å²) in [5.74, 6) is 1.35. The van der Waals surface area contributed by atoms with Gasteiger partial charge in [0.25, 0.3) is 5.91 Å². The van der Waals surface area contributed by atoms with E-state index in [2.05, 4.69) is 35.6 Å². The number of aromatic nitrogens is 4. The first kappa shape index (κ1) is 17.0. The Morgan fingerprint density at radius 1 is 1.08 bits per heavy atom. The van der Waals surface area contributed by atoms with Crippen LogP contribution in [0.2, 0.25) is 0 Å². The van der Waals surface area contributed by atoms with Crippen molar-refractivity contribution in [3.8, 4) is 0 Å². The molecule has 0 N–H and O–H groups in total. The van der Waals surface area contributed by atoms with Gasteiger partial charge in [-0.1, -0.05) is 0 Å². The molecular formula is C19H26N6O. The van der Waals surface area contributed by atoms with Crippen molar-refractivity contribution in [3.05, 3.63) is 35.9 Å². The molecule has 0 aromatic carbocycles. The summed E-state index contributed by atoms with van der Waals surface area (Å²) in [6, 6.07) is 3.83. The minimum atomic E-state index is -0.210. The standard InChI is InChI=1S/C19H26N6O/c1-19(2,3)25-16(13-15(22-25)14-5-6-14)17(26)23-9-11-24(12-10-23)18-20-7-4-8-21-18/h4,7-8,13-14H,5-6,9-12H2,1-3H3. The summed E-state index contributed by atoms with van der Waals surface area (Å²) in [6.45, 7) is 9.12. The van der Waals surface area contributed by atoms with Gasteiger partial charge in [0, 0.05) is 44.5 Å². The molecule has 0 unspecified atom stereocenters. The van der Waals surface area contributed by atoms with Gasteiger partial charge in [0.15, 0.2) is 0 Å². The zero-order valence-corrected chi connectivity index (χ0v) is 15.7. The van der Waals surface area contributed by atoms with E-state index < -0.39 is 0 Å². The average Bonchev–Trinajstić information content (AvgIpc) is 3.39. The van der Waals surface area contributed by atoms with Crippen molar-refractivity contribution >= 4 is 11.9 Å². The molecule has 0 spiro atoms. The van der Waals surface area contributed by atoms with E-state index >= 15 is 0 Å². The fourth-order valence-corrected chi connectivity index (χ4v) is 3.37. The van der Waals surface area contributed by atoms with E-state index in [1.165, 1.54) is 12.8 Å². The third-order valence-corrected chi connectivity index (χ3v) is 4.98. The van der Waals surface area contributed by atoms with E-state index in [0.717, 1.165) is 24.7 Å². The van der Waals surface area contributed by atoms with Gasteiger partial charge in [-0.25, -0.2) is 9.97 Å². The largest absolute Gasteiger partial charge is 0.337 e. The van der Waals surface area contributed by atoms with Gasteiger partial charge in [0.05, 0.1) is 11.2 Å². The highest BCUT2D eigenvalue weighted by Crippen LogP contribution is 2.40. The van der Waals surface area contributed by atoms with Crippen LogP contribution in [0.15, 0.2) is 24.5 Å². The highest BCUT2D eigenvalue weighted by Gasteiger charge is 2.33. The number of amides is 1. The second-order valence-corrected chi connectivity index (χ2v) is 8.14. The van der Waals surface area contributed by atoms with Gasteiger partial charge >= 0.3 is 0 Å². The first-order chi connectivity index (χ1) is 12.4. The number of anilines is 1. The Kier molecular flexibility index (Phi) is 4.17. The third-order valence-electron chi connectivity index (χ3n) is 4.98. The molecule has 1 saturated heterocycles. The molecular weight excluding hydrogens is 328 g/mol. The van der Waals surface area contributed by atoms with Crippen molar-refractivity contribution in [2.24, 2.45) is 0 Å². The zero-order chi connectivity index (χ0) is 18.3. The Hall–Kier alpha value is -2.44. The molecule has 1 aliphatic heterocycles. The van der Waals surface area contributed by atoms with Crippen molar-refractivity contribution < 1.29 is 4.79 Å². The SMILES string of the molecule is CC(C)(C)n1nc(C2CC2)cc1C(=O)N1CCN(c2ncccn2)CC1. The summed E-state index contributed by atoms with van der Waals surface area (Å²) in [4.78, 5) is 25.8. The molecule has 2 fully saturated rings. The molecule has 1 amide bonds. The third kappa shape index (κ3) is 3.30. The Morgan fingerprint density at radius 2 is 1.73 bits per heavy atom. The first-order valence-electron chi connectivity index (χ1n) is 9.35. The van der Waals surface area contributed by atoms with Gasteiger partial charge < -0.3 is 9.80 Å². The Balaban J connectivity index is 1.50. The summed E-state index contributed by atoms with van der Waals surface area (Å²) in [5, 5.41) is 4.76. The van der Waals surface area contributed by atoms with Crippen LogP contribution in [-0.2, 0) is 5.54 Å². The van der Waals surface area contributed by atoms with Gasteiger partial charge in [0.1, 0.15) is 5.69 Å². The van der Waals surface area contributed by atoms with Crippen LogP contribution in [0.4, 0.5) is 5.95 Å². The minimum absolute atomic E-state index is 0.0768. The van der Waals surface area contributed by atoms with E-state index in [1.54, 1.807) is 12.4 Å². The lowest BCUT2D eigenvalue weighted by atomic mass is 10.1. The second kappa shape index (κ2) is 6.37. The predicted molar refractivity (Wildman–Crippen MR) is 99.3 cm³/mol. The number of piperazine rings is 1. The monoisotopic (exact) mass is 354 g/mol. The van der Waals surface area contributed by atoms with E-state index in [0.29, 0.717) is 24.7 Å². The molecule has 2 aromatic rings. The van der Waals surface area contributed by atoms with Crippen molar-refractivity contribution in [2.45, 2.75) is 45.1 Å².